The molecule has 2 rings (SSSR count). The fourth-order valence-corrected chi connectivity index (χ4v) is 3.00. The van der Waals surface area contributed by atoms with Crippen LogP contribution in [0, 0.1) is 5.92 Å². The van der Waals surface area contributed by atoms with Crippen molar-refractivity contribution in [2.45, 2.75) is 17.7 Å². The van der Waals surface area contributed by atoms with E-state index in [9.17, 15) is 14.7 Å². The summed E-state index contributed by atoms with van der Waals surface area (Å²) in [6.07, 6.45) is 0.654. The summed E-state index contributed by atoms with van der Waals surface area (Å²) in [4.78, 5) is 25.1. The van der Waals surface area contributed by atoms with Crippen LogP contribution in [0.25, 0.3) is 0 Å². The number of rotatable bonds is 3. The van der Waals surface area contributed by atoms with Gasteiger partial charge in [0.2, 0.25) is 4.33 Å². The van der Waals surface area contributed by atoms with E-state index in [0.717, 1.165) is 0 Å². The van der Waals surface area contributed by atoms with Gasteiger partial charge in [0.15, 0.2) is 0 Å². The molecule has 1 saturated heterocycles. The van der Waals surface area contributed by atoms with E-state index in [2.05, 4.69) is 4.74 Å². The summed E-state index contributed by atoms with van der Waals surface area (Å²) in [6, 6.07) is 4.27. The van der Waals surface area contributed by atoms with Crippen molar-refractivity contribution in [3.8, 4) is 5.75 Å². The van der Waals surface area contributed by atoms with Crippen molar-refractivity contribution in [2.24, 2.45) is 5.92 Å². The van der Waals surface area contributed by atoms with Crippen LogP contribution in [-0.2, 0) is 9.53 Å². The largest absolute Gasteiger partial charge is 0.507 e. The lowest BCUT2D eigenvalue weighted by Crippen LogP contribution is -2.33. The van der Waals surface area contributed by atoms with Gasteiger partial charge >= 0.3 is 5.97 Å². The van der Waals surface area contributed by atoms with E-state index in [1.54, 1.807) is 6.07 Å². The van der Waals surface area contributed by atoms with Crippen molar-refractivity contribution in [3.63, 3.8) is 0 Å². The van der Waals surface area contributed by atoms with E-state index in [1.165, 1.54) is 24.1 Å². The molecule has 114 valence electrons. The highest BCUT2D eigenvalue weighted by atomic mass is 35.5. The van der Waals surface area contributed by atoms with Gasteiger partial charge in [0.1, 0.15) is 11.3 Å². The number of hydrogen-bond donors (Lipinski definition) is 1. The maximum absolute atomic E-state index is 12.3. The summed E-state index contributed by atoms with van der Waals surface area (Å²) in [5.74, 6) is -1.54. The Morgan fingerprint density at radius 2 is 2.19 bits per heavy atom. The molecular formula is C14H15Cl2NO4. The number of methoxy groups -OCH3 is 1. The normalized spacial score (nSPS) is 20.7. The third kappa shape index (κ3) is 2.68. The van der Waals surface area contributed by atoms with Gasteiger partial charge in [-0.05, 0) is 18.6 Å². The molecule has 21 heavy (non-hydrogen) atoms. The van der Waals surface area contributed by atoms with Crippen LogP contribution in [0.2, 0.25) is 0 Å². The number of ether oxygens (including phenoxy) is 1. The summed E-state index contributed by atoms with van der Waals surface area (Å²) >= 11 is 12.2. The van der Waals surface area contributed by atoms with Gasteiger partial charge in [-0.2, -0.15) is 0 Å². The molecule has 1 N–H and O–H groups in total. The smallest absolute Gasteiger partial charge is 0.341 e. The Bertz CT molecular complexity index is 588. The molecule has 0 saturated carbocycles. The number of nitrogens with zero attached hydrogens (tertiary/aromatic N) is 1. The van der Waals surface area contributed by atoms with Crippen LogP contribution in [0.15, 0.2) is 18.2 Å². The maximum atomic E-state index is 12.3. The molecule has 1 fully saturated rings. The standard InChI is InChI=1S/C14H15Cl2NO4/c1-3-8-7-17(13(20)14(8,15)16)9-4-5-10(11(18)6-9)12(19)21-2/h4-6,8,18H,3,7H2,1-2H3. The van der Waals surface area contributed by atoms with Gasteiger partial charge in [0.25, 0.3) is 5.91 Å². The van der Waals surface area contributed by atoms with Crippen LogP contribution < -0.4 is 4.90 Å². The Kier molecular flexibility index (Phi) is 4.35. The molecule has 1 unspecified atom stereocenters. The lowest BCUT2D eigenvalue weighted by molar-refractivity contribution is -0.117. The molecular weight excluding hydrogens is 317 g/mol. The minimum Gasteiger partial charge on any atom is -0.507 e. The molecule has 1 atom stereocenters. The average Bonchev–Trinajstić information content (AvgIpc) is 2.68. The van der Waals surface area contributed by atoms with Gasteiger partial charge in [-0.15, -0.1) is 0 Å². The number of esters is 1. The Morgan fingerprint density at radius 3 is 2.67 bits per heavy atom. The van der Waals surface area contributed by atoms with Crippen LogP contribution in [0.5, 0.6) is 5.75 Å². The van der Waals surface area contributed by atoms with Crippen LogP contribution in [0.4, 0.5) is 5.69 Å². The third-order valence-electron chi connectivity index (χ3n) is 3.64. The molecule has 1 amide bonds. The van der Waals surface area contributed by atoms with Crippen molar-refractivity contribution in [3.05, 3.63) is 23.8 Å². The van der Waals surface area contributed by atoms with Gasteiger partial charge in [-0.3, -0.25) is 4.79 Å². The predicted octanol–water partition coefficient (Wildman–Crippen LogP) is 2.73. The number of anilines is 1. The van der Waals surface area contributed by atoms with Crippen LogP contribution in [-0.4, -0.2) is 35.0 Å². The molecule has 0 spiro atoms. The van der Waals surface area contributed by atoms with Crippen molar-refractivity contribution >= 4 is 40.8 Å². The second kappa shape index (κ2) is 5.73. The van der Waals surface area contributed by atoms with Crippen LogP contribution >= 0.6 is 23.2 Å². The Morgan fingerprint density at radius 1 is 1.52 bits per heavy atom. The second-order valence-electron chi connectivity index (χ2n) is 4.84. The van der Waals surface area contributed by atoms with Crippen LogP contribution in [0.1, 0.15) is 23.7 Å². The predicted molar refractivity (Wildman–Crippen MR) is 80.0 cm³/mol. The minimum atomic E-state index is -1.47. The van der Waals surface area contributed by atoms with E-state index in [4.69, 9.17) is 23.2 Å². The molecule has 7 heteroatoms. The highest BCUT2D eigenvalue weighted by Gasteiger charge is 2.51. The molecule has 1 aromatic carbocycles. The average molecular weight is 332 g/mol. The zero-order valence-electron chi connectivity index (χ0n) is 11.6. The SMILES string of the molecule is CCC1CN(c2ccc(C(=O)OC)c(O)c2)C(=O)C1(Cl)Cl. The van der Waals surface area contributed by atoms with E-state index in [-0.39, 0.29) is 17.2 Å². The number of carbonyl (C=O) groups excluding carboxylic acids is 2. The zero-order chi connectivity index (χ0) is 15.8. The quantitative estimate of drug-likeness (QED) is 0.683. The molecule has 1 aliphatic heterocycles. The fraction of sp³-hybridized carbons (Fsp3) is 0.429. The number of phenolic OH excluding ortho intramolecular Hbond substituents is 1. The lowest BCUT2D eigenvalue weighted by atomic mass is 10.1. The topological polar surface area (TPSA) is 66.8 Å². The Hall–Kier alpha value is -1.46. The molecule has 0 radical (unpaired) electrons. The van der Waals surface area contributed by atoms with Gasteiger partial charge < -0.3 is 14.7 Å². The molecule has 0 bridgehead atoms. The van der Waals surface area contributed by atoms with Gasteiger partial charge in [0.05, 0.1) is 7.11 Å². The van der Waals surface area contributed by atoms with Crippen molar-refractivity contribution < 1.29 is 19.4 Å². The molecule has 0 aliphatic carbocycles. The number of phenols is 1. The Balaban J connectivity index is 2.34. The number of carbonyl (C=O) groups is 2. The van der Waals surface area contributed by atoms with Gasteiger partial charge in [-0.25, -0.2) is 4.79 Å². The molecule has 1 aliphatic rings. The first kappa shape index (κ1) is 15.9. The van der Waals surface area contributed by atoms with Gasteiger partial charge in [-0.1, -0.05) is 30.1 Å². The number of halogens is 2. The van der Waals surface area contributed by atoms with E-state index in [1.807, 2.05) is 6.92 Å². The summed E-state index contributed by atoms with van der Waals surface area (Å²) in [7, 11) is 1.22. The summed E-state index contributed by atoms with van der Waals surface area (Å²) in [5.41, 5.74) is 0.467. The Labute approximate surface area is 132 Å². The zero-order valence-corrected chi connectivity index (χ0v) is 13.1. The molecule has 1 aromatic rings. The number of alkyl halides is 2. The number of amides is 1. The first-order chi connectivity index (χ1) is 9.82. The number of hydrogen-bond acceptors (Lipinski definition) is 4. The lowest BCUT2D eigenvalue weighted by Gasteiger charge is -2.18. The number of aromatic hydroxyl groups is 1. The highest BCUT2D eigenvalue weighted by molar-refractivity contribution is 6.60. The fourth-order valence-electron chi connectivity index (χ4n) is 2.35. The third-order valence-corrected chi connectivity index (χ3v) is 4.58. The van der Waals surface area contributed by atoms with E-state index < -0.39 is 16.2 Å². The van der Waals surface area contributed by atoms with Crippen molar-refractivity contribution in [1.29, 1.82) is 0 Å². The summed E-state index contributed by atoms with van der Waals surface area (Å²) in [6.45, 7) is 2.26. The molecule has 0 aromatic heterocycles. The minimum absolute atomic E-state index is 0.0305. The monoisotopic (exact) mass is 331 g/mol. The summed E-state index contributed by atoms with van der Waals surface area (Å²) < 4.78 is 3.08. The maximum Gasteiger partial charge on any atom is 0.341 e. The van der Waals surface area contributed by atoms with E-state index >= 15 is 0 Å². The highest BCUT2D eigenvalue weighted by Crippen LogP contribution is 2.43. The van der Waals surface area contributed by atoms with Crippen molar-refractivity contribution in [2.75, 3.05) is 18.6 Å². The number of benzene rings is 1. The molecule has 1 heterocycles. The van der Waals surface area contributed by atoms with Crippen LogP contribution in [0.3, 0.4) is 0 Å². The van der Waals surface area contributed by atoms with Gasteiger partial charge in [0, 0.05) is 24.2 Å². The first-order valence-electron chi connectivity index (χ1n) is 6.44. The van der Waals surface area contributed by atoms with Crippen molar-refractivity contribution in [1.82, 2.24) is 0 Å². The first-order valence-corrected chi connectivity index (χ1v) is 7.19. The second-order valence-corrected chi connectivity index (χ2v) is 6.22. The molecule has 5 nitrogen and oxygen atoms in total. The van der Waals surface area contributed by atoms with E-state index in [0.29, 0.717) is 18.7 Å². The summed E-state index contributed by atoms with van der Waals surface area (Å²) in [5, 5.41) is 9.89.